The van der Waals surface area contributed by atoms with Gasteiger partial charge in [0, 0.05) is 23.6 Å². The Labute approximate surface area is 221 Å². The lowest BCUT2D eigenvalue weighted by molar-refractivity contribution is -0.211. The molecule has 0 spiro atoms. The molecule has 36 heavy (non-hydrogen) atoms. The number of carbonyl (C=O) groups excluding carboxylic acids is 1. The summed E-state index contributed by atoms with van der Waals surface area (Å²) in [5.41, 5.74) is 4.07. The molecule has 1 aromatic rings. The van der Waals surface area contributed by atoms with Crippen molar-refractivity contribution < 1.29 is 19.3 Å². The van der Waals surface area contributed by atoms with E-state index in [4.69, 9.17) is 14.5 Å². The Morgan fingerprint density at radius 3 is 2.03 bits per heavy atom. The lowest BCUT2D eigenvalue weighted by Gasteiger charge is -2.43. The van der Waals surface area contributed by atoms with Gasteiger partial charge in [-0.15, -0.1) is 0 Å². The minimum absolute atomic E-state index is 0.167. The molecule has 0 radical (unpaired) electrons. The van der Waals surface area contributed by atoms with Gasteiger partial charge in [0.2, 0.25) is 0 Å². The summed E-state index contributed by atoms with van der Waals surface area (Å²) in [6.07, 6.45) is 12.7. The van der Waals surface area contributed by atoms with Crippen LogP contribution in [0.4, 0.5) is 0 Å². The molecule has 4 nitrogen and oxygen atoms in total. The van der Waals surface area contributed by atoms with E-state index in [1.807, 2.05) is 13.8 Å². The average molecular weight is 503 g/mol. The van der Waals surface area contributed by atoms with E-state index in [0.717, 1.165) is 53.0 Å². The maximum atomic E-state index is 11.3. The molecule has 0 saturated heterocycles. The molecule has 1 aliphatic rings. The predicted molar refractivity (Wildman–Crippen MR) is 150 cm³/mol. The summed E-state index contributed by atoms with van der Waals surface area (Å²) in [7, 11) is 0. The zero-order valence-electron chi connectivity index (χ0n) is 25.0. The Kier molecular flexibility index (Phi) is 11.6. The van der Waals surface area contributed by atoms with Crippen LogP contribution in [-0.4, -0.2) is 11.6 Å². The maximum Gasteiger partial charge on any atom is 0.352 e. The van der Waals surface area contributed by atoms with Crippen LogP contribution in [0.5, 0.6) is 11.5 Å². The fraction of sp³-hybridized carbons (Fsp3) is 0.781. The molecule has 0 bridgehead atoms. The third-order valence-corrected chi connectivity index (χ3v) is 8.68. The second kappa shape index (κ2) is 13.7. The minimum Gasteiger partial charge on any atom is -0.487 e. The van der Waals surface area contributed by atoms with Crippen molar-refractivity contribution >= 4 is 5.97 Å². The van der Waals surface area contributed by atoms with Crippen molar-refractivity contribution in [3.63, 3.8) is 0 Å². The Balaban J connectivity index is 1.89. The average Bonchev–Trinajstić information content (AvgIpc) is 2.78. The summed E-state index contributed by atoms with van der Waals surface area (Å²) in [6, 6.07) is 0. The molecule has 0 aliphatic carbocycles. The number of fused-ring (bicyclic) bond motifs is 1. The quantitative estimate of drug-likeness (QED) is 0.188. The third kappa shape index (κ3) is 8.42. The molecule has 0 N–H and O–H groups in total. The van der Waals surface area contributed by atoms with Gasteiger partial charge in [-0.25, -0.2) is 4.79 Å². The lowest BCUT2D eigenvalue weighted by Crippen LogP contribution is -2.44. The normalized spacial score (nSPS) is 21.0. The van der Waals surface area contributed by atoms with Gasteiger partial charge >= 0.3 is 5.97 Å². The largest absolute Gasteiger partial charge is 0.487 e. The van der Waals surface area contributed by atoms with E-state index in [1.165, 1.54) is 63.9 Å². The number of hydrogen-bond donors (Lipinski definition) is 0. The molecule has 1 unspecified atom stereocenters. The zero-order chi connectivity index (χ0) is 27.0. The van der Waals surface area contributed by atoms with Crippen molar-refractivity contribution in [2.24, 2.45) is 23.7 Å². The highest BCUT2D eigenvalue weighted by Gasteiger charge is 2.40. The van der Waals surface area contributed by atoms with Gasteiger partial charge in [-0.3, -0.25) is 9.78 Å². The number of rotatable bonds is 14. The van der Waals surface area contributed by atoms with E-state index in [9.17, 15) is 4.79 Å². The monoisotopic (exact) mass is 502 g/mol. The fourth-order valence-electron chi connectivity index (χ4n) is 5.70. The first kappa shape index (κ1) is 30.5. The maximum absolute atomic E-state index is 11.3. The highest BCUT2D eigenvalue weighted by Crippen LogP contribution is 2.47. The third-order valence-electron chi connectivity index (χ3n) is 8.68. The first-order valence-electron chi connectivity index (χ1n) is 14.5. The van der Waals surface area contributed by atoms with Gasteiger partial charge in [-0.2, -0.15) is 0 Å². The molecule has 1 aromatic carbocycles. The van der Waals surface area contributed by atoms with Gasteiger partial charge < -0.3 is 4.74 Å². The number of benzene rings is 1. The van der Waals surface area contributed by atoms with E-state index in [2.05, 4.69) is 48.5 Å². The standard InChI is InChI=1S/C32H54O4/c1-21(2)14-11-15-22(3)16-12-17-23(4)18-13-19-32(10)24(5)20-29-27(8)30(36-35-28(9)33)25(6)26(7)31(29)34-32/h21-24H,11-20H2,1-10H3/t22-,23-,24?,32-/m1/s1. The predicted octanol–water partition coefficient (Wildman–Crippen LogP) is 9.24. The molecular weight excluding hydrogens is 448 g/mol. The summed E-state index contributed by atoms with van der Waals surface area (Å²) in [4.78, 5) is 21.6. The minimum atomic E-state index is -0.452. The second-order valence-electron chi connectivity index (χ2n) is 12.5. The Bertz CT molecular complexity index is 858. The van der Waals surface area contributed by atoms with Gasteiger partial charge in [0.25, 0.3) is 0 Å². The summed E-state index contributed by atoms with van der Waals surface area (Å²) < 4.78 is 6.79. The molecule has 1 heterocycles. The van der Waals surface area contributed by atoms with Gasteiger partial charge in [0.15, 0.2) is 5.75 Å². The summed E-state index contributed by atoms with van der Waals surface area (Å²) in [5.74, 6) is 4.06. The van der Waals surface area contributed by atoms with Crippen molar-refractivity contribution in [1.29, 1.82) is 0 Å². The van der Waals surface area contributed by atoms with Crippen LogP contribution in [0, 0.1) is 44.4 Å². The topological polar surface area (TPSA) is 44.8 Å². The van der Waals surface area contributed by atoms with Gasteiger partial charge in [-0.05, 0) is 76.2 Å². The van der Waals surface area contributed by atoms with Crippen molar-refractivity contribution in [3.8, 4) is 11.5 Å². The Hall–Kier alpha value is -1.71. The molecule has 0 amide bonds. The smallest absolute Gasteiger partial charge is 0.352 e. The number of hydrogen-bond acceptors (Lipinski definition) is 4. The van der Waals surface area contributed by atoms with Crippen molar-refractivity contribution in [2.45, 2.75) is 139 Å². The first-order valence-corrected chi connectivity index (χ1v) is 14.5. The van der Waals surface area contributed by atoms with Crippen LogP contribution in [0.1, 0.15) is 129 Å². The first-order chi connectivity index (χ1) is 16.9. The molecule has 4 atom stereocenters. The van der Waals surface area contributed by atoms with E-state index in [-0.39, 0.29) is 5.60 Å². The highest BCUT2D eigenvalue weighted by molar-refractivity contribution is 5.65. The molecule has 1 aliphatic heterocycles. The molecule has 4 heteroatoms. The molecule has 0 fully saturated rings. The van der Waals surface area contributed by atoms with Crippen molar-refractivity contribution in [3.05, 3.63) is 22.3 Å². The van der Waals surface area contributed by atoms with Crippen LogP contribution < -0.4 is 9.62 Å². The van der Waals surface area contributed by atoms with Crippen LogP contribution in [0.15, 0.2) is 0 Å². The van der Waals surface area contributed by atoms with Crippen LogP contribution in [0.2, 0.25) is 0 Å². The van der Waals surface area contributed by atoms with Gasteiger partial charge in [0.05, 0.1) is 0 Å². The van der Waals surface area contributed by atoms with E-state index in [1.54, 1.807) is 0 Å². The van der Waals surface area contributed by atoms with E-state index >= 15 is 0 Å². The lowest BCUT2D eigenvalue weighted by atomic mass is 9.77. The molecular formula is C32H54O4. The van der Waals surface area contributed by atoms with E-state index in [0.29, 0.717) is 11.7 Å². The zero-order valence-corrected chi connectivity index (χ0v) is 25.0. The Morgan fingerprint density at radius 2 is 1.47 bits per heavy atom. The SMILES string of the molecule is CC(=O)OOc1c(C)c(C)c2c(c1C)CC(C)[C@@](C)(CCC[C@H](C)CCC[C@H](C)CCCC(C)C)O2. The fourth-order valence-corrected chi connectivity index (χ4v) is 5.70. The van der Waals surface area contributed by atoms with Crippen LogP contribution in [0.25, 0.3) is 0 Å². The second-order valence-corrected chi connectivity index (χ2v) is 12.5. The molecule has 206 valence electrons. The van der Waals surface area contributed by atoms with Gasteiger partial charge in [0.1, 0.15) is 11.4 Å². The van der Waals surface area contributed by atoms with Crippen LogP contribution >= 0.6 is 0 Å². The summed E-state index contributed by atoms with van der Waals surface area (Å²) >= 11 is 0. The Morgan fingerprint density at radius 1 is 0.917 bits per heavy atom. The van der Waals surface area contributed by atoms with Crippen molar-refractivity contribution in [1.82, 2.24) is 0 Å². The molecule has 0 saturated carbocycles. The van der Waals surface area contributed by atoms with Crippen LogP contribution in [0.3, 0.4) is 0 Å². The number of carbonyl (C=O) groups is 1. The van der Waals surface area contributed by atoms with Crippen molar-refractivity contribution in [2.75, 3.05) is 0 Å². The molecule has 0 aromatic heterocycles. The summed E-state index contributed by atoms with van der Waals surface area (Å²) in [6.45, 7) is 21.6. The van der Waals surface area contributed by atoms with Gasteiger partial charge in [-0.1, -0.05) is 79.6 Å². The molecule has 2 rings (SSSR count). The van der Waals surface area contributed by atoms with E-state index < -0.39 is 5.97 Å². The number of ether oxygens (including phenoxy) is 1. The summed E-state index contributed by atoms with van der Waals surface area (Å²) in [5, 5.41) is 0. The highest BCUT2D eigenvalue weighted by atomic mass is 17.2. The van der Waals surface area contributed by atoms with Crippen LogP contribution in [-0.2, 0) is 16.1 Å².